The minimum atomic E-state index is -0.358. The molecule has 1 aromatic rings. The lowest BCUT2D eigenvalue weighted by Gasteiger charge is -2.08. The molecule has 2 rings (SSSR count). The van der Waals surface area contributed by atoms with Crippen molar-refractivity contribution >= 4 is 34.9 Å². The molecule has 1 unspecified atom stereocenters. The molecule has 7 heteroatoms. The molecule has 5 nitrogen and oxygen atoms in total. The average Bonchev–Trinajstić information content (AvgIpc) is 2.83. The van der Waals surface area contributed by atoms with E-state index in [9.17, 15) is 9.59 Å². The molecule has 0 aliphatic carbocycles. The fraction of sp³-hybridized carbons (Fsp3) is 0.400. The van der Waals surface area contributed by atoms with Crippen molar-refractivity contribution < 1.29 is 14.3 Å². The number of hydrogen-bond acceptors (Lipinski definition) is 4. The first kappa shape index (κ1) is 12.2. The smallest absolute Gasteiger partial charge is 0.410 e. The number of halogens is 1. The number of cyclic esters (lactones) is 1. The standard InChI is InChI=1S/C10H11ClN2O3S/c1-13-5-6(16-10(13)15)4-12-9(14)7-2-3-8(11)17-7/h2-3,6H,4-5H2,1H3,(H,12,14). The second kappa shape index (κ2) is 4.93. The number of thiophene rings is 1. The number of rotatable bonds is 3. The summed E-state index contributed by atoms with van der Waals surface area (Å²) in [5.41, 5.74) is 0. The number of ether oxygens (including phenoxy) is 1. The lowest BCUT2D eigenvalue weighted by Crippen LogP contribution is -2.33. The van der Waals surface area contributed by atoms with Gasteiger partial charge in [0.15, 0.2) is 0 Å². The molecule has 1 atom stereocenters. The summed E-state index contributed by atoms with van der Waals surface area (Å²) in [5, 5.41) is 2.70. The number of carbonyl (C=O) groups excluding carboxylic acids is 2. The van der Waals surface area contributed by atoms with Gasteiger partial charge in [-0.05, 0) is 12.1 Å². The molecule has 1 aliphatic heterocycles. The molecule has 0 radical (unpaired) electrons. The van der Waals surface area contributed by atoms with Crippen molar-refractivity contribution in [2.45, 2.75) is 6.10 Å². The van der Waals surface area contributed by atoms with Crippen LogP contribution >= 0.6 is 22.9 Å². The monoisotopic (exact) mass is 274 g/mol. The minimum absolute atomic E-state index is 0.201. The summed E-state index contributed by atoms with van der Waals surface area (Å²) in [6, 6.07) is 3.33. The molecule has 17 heavy (non-hydrogen) atoms. The molecule has 2 heterocycles. The number of likely N-dealkylation sites (N-methyl/N-ethyl adjacent to an activating group) is 1. The van der Waals surface area contributed by atoms with Crippen LogP contribution in [0.5, 0.6) is 0 Å². The Balaban J connectivity index is 1.83. The van der Waals surface area contributed by atoms with Gasteiger partial charge in [0.25, 0.3) is 5.91 Å². The normalized spacial score (nSPS) is 19.3. The van der Waals surface area contributed by atoms with E-state index in [4.69, 9.17) is 16.3 Å². The number of carbonyl (C=O) groups is 2. The van der Waals surface area contributed by atoms with Crippen LogP contribution in [0.1, 0.15) is 9.67 Å². The van der Waals surface area contributed by atoms with Crippen LogP contribution < -0.4 is 5.32 Å². The van der Waals surface area contributed by atoms with Gasteiger partial charge in [-0.25, -0.2) is 4.79 Å². The van der Waals surface area contributed by atoms with Gasteiger partial charge in [-0.15, -0.1) is 11.3 Å². The predicted molar refractivity (Wildman–Crippen MR) is 64.6 cm³/mol. The zero-order valence-corrected chi connectivity index (χ0v) is 10.7. The fourth-order valence-electron chi connectivity index (χ4n) is 1.49. The van der Waals surface area contributed by atoms with Crippen molar-refractivity contribution in [3.63, 3.8) is 0 Å². The Morgan fingerprint density at radius 2 is 2.47 bits per heavy atom. The quantitative estimate of drug-likeness (QED) is 0.910. The van der Waals surface area contributed by atoms with Crippen molar-refractivity contribution in [2.75, 3.05) is 20.1 Å². The lowest BCUT2D eigenvalue weighted by molar-refractivity contribution is 0.0919. The molecule has 1 aromatic heterocycles. The number of nitrogens with one attached hydrogen (secondary N) is 1. The zero-order chi connectivity index (χ0) is 12.4. The first-order chi connectivity index (χ1) is 8.06. The molecule has 1 aliphatic rings. The second-order valence-electron chi connectivity index (χ2n) is 3.70. The summed E-state index contributed by atoms with van der Waals surface area (Å²) in [5.74, 6) is -0.201. The Bertz CT molecular complexity index is 449. The van der Waals surface area contributed by atoms with E-state index < -0.39 is 0 Å². The summed E-state index contributed by atoms with van der Waals surface area (Å²) >= 11 is 6.95. The Kier molecular flexibility index (Phi) is 3.54. The van der Waals surface area contributed by atoms with Crippen LogP contribution in [0.15, 0.2) is 12.1 Å². The van der Waals surface area contributed by atoms with Gasteiger partial charge in [-0.1, -0.05) is 11.6 Å². The second-order valence-corrected chi connectivity index (χ2v) is 5.42. The van der Waals surface area contributed by atoms with Gasteiger partial charge in [0.2, 0.25) is 0 Å². The Labute approximate surface area is 107 Å². The zero-order valence-electron chi connectivity index (χ0n) is 9.10. The molecular weight excluding hydrogens is 264 g/mol. The largest absolute Gasteiger partial charge is 0.442 e. The molecule has 0 spiro atoms. The van der Waals surface area contributed by atoms with Crippen molar-refractivity contribution in [1.82, 2.24) is 10.2 Å². The third kappa shape index (κ3) is 2.89. The average molecular weight is 275 g/mol. The Morgan fingerprint density at radius 3 is 3.00 bits per heavy atom. The fourth-order valence-corrected chi connectivity index (χ4v) is 2.45. The predicted octanol–water partition coefficient (Wildman–Crippen LogP) is 1.58. The third-order valence-corrected chi connectivity index (χ3v) is 3.57. The van der Waals surface area contributed by atoms with Gasteiger partial charge < -0.3 is 15.0 Å². The van der Waals surface area contributed by atoms with Gasteiger partial charge in [-0.3, -0.25) is 4.79 Å². The van der Waals surface area contributed by atoms with Crippen molar-refractivity contribution in [2.24, 2.45) is 0 Å². The van der Waals surface area contributed by atoms with Gasteiger partial charge in [-0.2, -0.15) is 0 Å². The highest BCUT2D eigenvalue weighted by Gasteiger charge is 2.28. The van der Waals surface area contributed by atoms with E-state index in [1.807, 2.05) is 0 Å². The SMILES string of the molecule is CN1CC(CNC(=O)c2ccc(Cl)s2)OC1=O. The van der Waals surface area contributed by atoms with Crippen LogP contribution in [0.25, 0.3) is 0 Å². The van der Waals surface area contributed by atoms with E-state index in [1.54, 1.807) is 19.2 Å². The van der Waals surface area contributed by atoms with Gasteiger partial charge in [0, 0.05) is 7.05 Å². The van der Waals surface area contributed by atoms with Crippen molar-refractivity contribution in [3.05, 3.63) is 21.3 Å². The van der Waals surface area contributed by atoms with Crippen LogP contribution in [-0.2, 0) is 4.74 Å². The van der Waals surface area contributed by atoms with Crippen LogP contribution in [0.2, 0.25) is 4.34 Å². The summed E-state index contributed by atoms with van der Waals surface area (Å²) in [6.45, 7) is 0.800. The van der Waals surface area contributed by atoms with E-state index in [1.165, 1.54) is 16.2 Å². The van der Waals surface area contributed by atoms with Crippen molar-refractivity contribution in [1.29, 1.82) is 0 Å². The maximum atomic E-state index is 11.7. The molecule has 1 fully saturated rings. The molecule has 1 saturated heterocycles. The van der Waals surface area contributed by atoms with Crippen molar-refractivity contribution in [3.8, 4) is 0 Å². The van der Waals surface area contributed by atoms with Gasteiger partial charge >= 0.3 is 6.09 Å². The first-order valence-corrected chi connectivity index (χ1v) is 6.21. The molecule has 1 N–H and O–H groups in total. The van der Waals surface area contributed by atoms with Gasteiger partial charge in [0.1, 0.15) is 6.10 Å². The van der Waals surface area contributed by atoms with Crippen LogP contribution in [0, 0.1) is 0 Å². The highest BCUT2D eigenvalue weighted by Crippen LogP contribution is 2.21. The summed E-state index contributed by atoms with van der Waals surface area (Å²) in [7, 11) is 1.66. The highest BCUT2D eigenvalue weighted by molar-refractivity contribution is 7.17. The third-order valence-electron chi connectivity index (χ3n) is 2.34. The molecule has 0 aromatic carbocycles. The highest BCUT2D eigenvalue weighted by atomic mass is 35.5. The summed E-state index contributed by atoms with van der Waals surface area (Å²) in [4.78, 5) is 24.8. The Morgan fingerprint density at radius 1 is 1.71 bits per heavy atom. The van der Waals surface area contributed by atoms with Crippen LogP contribution in [-0.4, -0.2) is 43.1 Å². The molecule has 2 amide bonds. The molecule has 0 saturated carbocycles. The maximum Gasteiger partial charge on any atom is 0.410 e. The molecule has 0 bridgehead atoms. The first-order valence-electron chi connectivity index (χ1n) is 5.01. The summed E-state index contributed by atoms with van der Waals surface area (Å²) < 4.78 is 5.59. The summed E-state index contributed by atoms with van der Waals surface area (Å²) in [6.07, 6.45) is -0.643. The van der Waals surface area contributed by atoms with Gasteiger partial charge in [0.05, 0.1) is 22.3 Å². The number of amides is 2. The number of nitrogens with zero attached hydrogens (tertiary/aromatic N) is 1. The van der Waals surface area contributed by atoms with E-state index in [0.29, 0.717) is 22.3 Å². The van der Waals surface area contributed by atoms with Crippen LogP contribution in [0.4, 0.5) is 4.79 Å². The molecular formula is C10H11ClN2O3S. The van der Waals surface area contributed by atoms with Crippen LogP contribution in [0.3, 0.4) is 0 Å². The minimum Gasteiger partial charge on any atom is -0.442 e. The maximum absolute atomic E-state index is 11.7. The van der Waals surface area contributed by atoms with E-state index in [2.05, 4.69) is 5.32 Å². The lowest BCUT2D eigenvalue weighted by atomic mass is 10.3. The van der Waals surface area contributed by atoms with E-state index in [0.717, 1.165) is 0 Å². The van der Waals surface area contributed by atoms with E-state index in [-0.39, 0.29) is 18.1 Å². The topological polar surface area (TPSA) is 58.6 Å². The number of hydrogen-bond donors (Lipinski definition) is 1. The molecule has 92 valence electrons. The Hall–Kier alpha value is -1.27. The van der Waals surface area contributed by atoms with E-state index >= 15 is 0 Å².